The van der Waals surface area contributed by atoms with E-state index in [0.717, 1.165) is 14.8 Å². The summed E-state index contributed by atoms with van der Waals surface area (Å²) in [6.07, 6.45) is 0. The van der Waals surface area contributed by atoms with Gasteiger partial charge in [0.15, 0.2) is 0 Å². The summed E-state index contributed by atoms with van der Waals surface area (Å²) < 4.78 is 3.48. The predicted octanol–water partition coefficient (Wildman–Crippen LogP) is 2.56. The van der Waals surface area contributed by atoms with Crippen LogP contribution < -0.4 is 5.73 Å². The molecule has 4 nitrogen and oxygen atoms in total. The molecule has 0 saturated heterocycles. The van der Waals surface area contributed by atoms with Gasteiger partial charge in [-0.15, -0.1) is 0 Å². The maximum Gasteiger partial charge on any atom is 0.248 e. The van der Waals surface area contributed by atoms with Crippen molar-refractivity contribution in [1.82, 2.24) is 9.78 Å². The lowest BCUT2D eigenvalue weighted by molar-refractivity contribution is 0.100. The van der Waals surface area contributed by atoms with Crippen LogP contribution in [-0.4, -0.2) is 15.7 Å². The maximum absolute atomic E-state index is 10.9. The third-order valence-corrected chi connectivity index (χ3v) is 3.30. The van der Waals surface area contributed by atoms with Crippen LogP contribution in [0.2, 0.25) is 0 Å². The summed E-state index contributed by atoms with van der Waals surface area (Å²) in [6, 6.07) is 9.02. The van der Waals surface area contributed by atoms with Crippen LogP contribution in [0.5, 0.6) is 0 Å². The van der Waals surface area contributed by atoms with Gasteiger partial charge < -0.3 is 5.73 Å². The molecule has 1 amide bonds. The fourth-order valence-corrected chi connectivity index (χ4v) is 2.56. The van der Waals surface area contributed by atoms with Crippen molar-refractivity contribution in [1.29, 1.82) is 0 Å². The molecular formula is C11H9Br2N3O. The van der Waals surface area contributed by atoms with Gasteiger partial charge in [-0.05, 0) is 49.6 Å². The molecule has 0 radical (unpaired) electrons. The van der Waals surface area contributed by atoms with Crippen LogP contribution in [0, 0.1) is 0 Å². The van der Waals surface area contributed by atoms with Crippen molar-refractivity contribution < 1.29 is 4.79 Å². The average Bonchev–Trinajstić information content (AvgIpc) is 2.58. The van der Waals surface area contributed by atoms with E-state index in [1.807, 2.05) is 22.9 Å². The molecule has 0 fully saturated rings. The molecule has 0 bridgehead atoms. The van der Waals surface area contributed by atoms with Crippen molar-refractivity contribution in [2.24, 2.45) is 5.73 Å². The standard InChI is InChI=1S/C11H9Br2N3O/c12-9-5-10(13)16(15-9)6-7-1-3-8(4-2-7)11(14)17/h1-5H,6H2,(H2,14,17). The number of halogens is 2. The Morgan fingerprint density at radius 3 is 2.41 bits per heavy atom. The Bertz CT molecular complexity index is 548. The molecule has 2 aromatic rings. The van der Waals surface area contributed by atoms with Gasteiger partial charge in [0.25, 0.3) is 0 Å². The smallest absolute Gasteiger partial charge is 0.248 e. The Morgan fingerprint density at radius 2 is 1.94 bits per heavy atom. The summed E-state index contributed by atoms with van der Waals surface area (Å²) in [5.74, 6) is -0.417. The SMILES string of the molecule is NC(=O)c1ccc(Cn2nc(Br)cc2Br)cc1. The molecule has 1 heterocycles. The number of rotatable bonds is 3. The van der Waals surface area contributed by atoms with Crippen LogP contribution in [0.15, 0.2) is 39.5 Å². The van der Waals surface area contributed by atoms with Crippen molar-refractivity contribution in [2.75, 3.05) is 0 Å². The summed E-state index contributed by atoms with van der Waals surface area (Å²) in [4.78, 5) is 10.9. The number of carbonyl (C=O) groups is 1. The van der Waals surface area contributed by atoms with E-state index in [2.05, 4.69) is 37.0 Å². The Labute approximate surface area is 115 Å². The molecule has 0 unspecified atom stereocenters. The molecular weight excluding hydrogens is 350 g/mol. The first-order valence-corrected chi connectivity index (χ1v) is 6.42. The van der Waals surface area contributed by atoms with Crippen molar-refractivity contribution in [3.05, 3.63) is 50.7 Å². The first kappa shape index (κ1) is 12.3. The third kappa shape index (κ3) is 2.95. The summed E-state index contributed by atoms with van der Waals surface area (Å²) in [5, 5.41) is 4.26. The van der Waals surface area contributed by atoms with Crippen LogP contribution in [0.1, 0.15) is 15.9 Å². The van der Waals surface area contributed by atoms with Crippen LogP contribution in [0.4, 0.5) is 0 Å². The second-order valence-electron chi connectivity index (χ2n) is 3.51. The Hall–Kier alpha value is -1.14. The number of amides is 1. The number of nitrogens with zero attached hydrogens (tertiary/aromatic N) is 2. The molecule has 1 aromatic carbocycles. The Kier molecular flexibility index (Phi) is 3.63. The second-order valence-corrected chi connectivity index (χ2v) is 5.13. The number of aromatic nitrogens is 2. The number of nitrogens with two attached hydrogens (primary N) is 1. The number of carbonyl (C=O) groups excluding carboxylic acids is 1. The lowest BCUT2D eigenvalue weighted by Crippen LogP contribution is -2.11. The highest BCUT2D eigenvalue weighted by Gasteiger charge is 2.05. The molecule has 6 heteroatoms. The van der Waals surface area contributed by atoms with E-state index in [0.29, 0.717) is 12.1 Å². The van der Waals surface area contributed by atoms with E-state index < -0.39 is 5.91 Å². The van der Waals surface area contributed by atoms with Crippen LogP contribution in [0.25, 0.3) is 0 Å². The van der Waals surface area contributed by atoms with E-state index >= 15 is 0 Å². The highest BCUT2D eigenvalue weighted by atomic mass is 79.9. The van der Waals surface area contributed by atoms with Crippen molar-refractivity contribution in [2.45, 2.75) is 6.54 Å². The molecule has 0 aliphatic carbocycles. The molecule has 2 N–H and O–H groups in total. The first-order valence-electron chi connectivity index (χ1n) is 4.84. The molecule has 0 aliphatic heterocycles. The molecule has 0 aliphatic rings. The minimum Gasteiger partial charge on any atom is -0.366 e. The average molecular weight is 359 g/mol. The van der Waals surface area contributed by atoms with Gasteiger partial charge in [-0.2, -0.15) is 5.10 Å². The molecule has 1 aromatic heterocycles. The molecule has 0 spiro atoms. The van der Waals surface area contributed by atoms with Gasteiger partial charge in [0.05, 0.1) is 6.54 Å². The van der Waals surface area contributed by atoms with E-state index in [9.17, 15) is 4.79 Å². The van der Waals surface area contributed by atoms with Gasteiger partial charge >= 0.3 is 0 Å². The first-order chi connectivity index (χ1) is 8.06. The monoisotopic (exact) mass is 357 g/mol. The summed E-state index contributed by atoms with van der Waals surface area (Å²) >= 11 is 6.71. The van der Waals surface area contributed by atoms with E-state index in [-0.39, 0.29) is 0 Å². The zero-order valence-electron chi connectivity index (χ0n) is 8.73. The second kappa shape index (κ2) is 5.01. The highest BCUT2D eigenvalue weighted by molar-refractivity contribution is 9.11. The number of benzene rings is 1. The van der Waals surface area contributed by atoms with Gasteiger partial charge in [-0.3, -0.25) is 9.48 Å². The van der Waals surface area contributed by atoms with Gasteiger partial charge in [0, 0.05) is 11.6 Å². The van der Waals surface area contributed by atoms with Crippen LogP contribution >= 0.6 is 31.9 Å². The van der Waals surface area contributed by atoms with E-state index in [1.165, 1.54) is 0 Å². The number of primary amides is 1. The summed E-state index contributed by atoms with van der Waals surface area (Å²) in [6.45, 7) is 0.630. The van der Waals surface area contributed by atoms with Crippen LogP contribution in [-0.2, 0) is 6.54 Å². The zero-order chi connectivity index (χ0) is 12.4. The maximum atomic E-state index is 10.9. The number of hydrogen-bond donors (Lipinski definition) is 1. The van der Waals surface area contributed by atoms with Crippen molar-refractivity contribution in [3.63, 3.8) is 0 Å². The van der Waals surface area contributed by atoms with Gasteiger partial charge in [-0.25, -0.2) is 0 Å². The number of hydrogen-bond acceptors (Lipinski definition) is 2. The van der Waals surface area contributed by atoms with Crippen molar-refractivity contribution >= 4 is 37.8 Å². The quantitative estimate of drug-likeness (QED) is 0.916. The molecule has 0 saturated carbocycles. The summed E-state index contributed by atoms with van der Waals surface area (Å²) in [5.41, 5.74) is 6.73. The lowest BCUT2D eigenvalue weighted by atomic mass is 10.1. The largest absolute Gasteiger partial charge is 0.366 e. The lowest BCUT2D eigenvalue weighted by Gasteiger charge is -2.04. The van der Waals surface area contributed by atoms with Crippen molar-refractivity contribution in [3.8, 4) is 0 Å². The van der Waals surface area contributed by atoms with E-state index in [4.69, 9.17) is 5.73 Å². The van der Waals surface area contributed by atoms with Gasteiger partial charge in [-0.1, -0.05) is 12.1 Å². The van der Waals surface area contributed by atoms with E-state index in [1.54, 1.807) is 12.1 Å². The van der Waals surface area contributed by atoms with Gasteiger partial charge in [0.1, 0.15) is 9.21 Å². The predicted molar refractivity (Wildman–Crippen MR) is 71.7 cm³/mol. The Balaban J connectivity index is 2.19. The highest BCUT2D eigenvalue weighted by Crippen LogP contribution is 2.17. The fraction of sp³-hybridized carbons (Fsp3) is 0.0909. The minimum atomic E-state index is -0.417. The molecule has 2 rings (SSSR count). The fourth-order valence-electron chi connectivity index (χ4n) is 1.42. The summed E-state index contributed by atoms with van der Waals surface area (Å²) in [7, 11) is 0. The molecule has 88 valence electrons. The van der Waals surface area contributed by atoms with Crippen LogP contribution in [0.3, 0.4) is 0 Å². The molecule has 0 atom stereocenters. The molecule has 17 heavy (non-hydrogen) atoms. The van der Waals surface area contributed by atoms with Gasteiger partial charge in [0.2, 0.25) is 5.91 Å². The normalized spacial score (nSPS) is 10.5. The topological polar surface area (TPSA) is 60.9 Å². The Morgan fingerprint density at radius 1 is 1.29 bits per heavy atom. The minimum absolute atomic E-state index is 0.417. The zero-order valence-corrected chi connectivity index (χ0v) is 11.9. The third-order valence-electron chi connectivity index (χ3n) is 2.27.